The molecule has 0 aromatic rings. The predicted molar refractivity (Wildman–Crippen MR) is 128 cm³/mol. The summed E-state index contributed by atoms with van der Waals surface area (Å²) in [5.41, 5.74) is 7.58. The van der Waals surface area contributed by atoms with Crippen molar-refractivity contribution in [2.75, 3.05) is 0 Å². The third-order valence-electron chi connectivity index (χ3n) is 5.97. The van der Waals surface area contributed by atoms with Crippen molar-refractivity contribution in [3.63, 3.8) is 0 Å². The number of nitrogens with one attached hydrogen (secondary N) is 1. The van der Waals surface area contributed by atoms with Crippen molar-refractivity contribution in [2.45, 2.75) is 99.3 Å². The molecular formula is C20H43Ge2NSi2. The van der Waals surface area contributed by atoms with Crippen molar-refractivity contribution in [2.24, 2.45) is 0 Å². The van der Waals surface area contributed by atoms with E-state index < -0.39 is 43.0 Å². The fourth-order valence-corrected chi connectivity index (χ4v) is 27.1. The van der Waals surface area contributed by atoms with Crippen LogP contribution in [0.1, 0.15) is 41.5 Å². The molecule has 0 saturated carbocycles. The van der Waals surface area contributed by atoms with Crippen LogP contribution in [-0.4, -0.2) is 43.0 Å². The van der Waals surface area contributed by atoms with Gasteiger partial charge in [0.2, 0.25) is 0 Å². The Bertz CT molecular complexity index is 463. The van der Waals surface area contributed by atoms with Crippen molar-refractivity contribution in [3.8, 4) is 20.6 Å². The van der Waals surface area contributed by atoms with Gasteiger partial charge in [-0.05, 0) is 0 Å². The van der Waals surface area contributed by atoms with Crippen LogP contribution in [0.15, 0.2) is 0 Å². The average Bonchev–Trinajstić information content (AvgIpc) is 2.57. The quantitative estimate of drug-likeness (QED) is 0.312. The minimum atomic E-state index is -1.89. The number of hydrogen-bond donors (Lipinski definition) is 1. The molecule has 0 bridgehead atoms. The van der Waals surface area contributed by atoms with Gasteiger partial charge in [-0.3, -0.25) is 0 Å². The van der Waals surface area contributed by atoms with Gasteiger partial charge in [0.25, 0.3) is 0 Å². The summed E-state index contributed by atoms with van der Waals surface area (Å²) in [7, 11) is -3.42. The van der Waals surface area contributed by atoms with Gasteiger partial charge in [-0.25, -0.2) is 0 Å². The van der Waals surface area contributed by atoms with Gasteiger partial charge >= 0.3 is 167 Å². The van der Waals surface area contributed by atoms with E-state index in [1.807, 2.05) is 0 Å². The van der Waals surface area contributed by atoms with Crippen LogP contribution in [0, 0.1) is 20.6 Å². The van der Waals surface area contributed by atoms with Crippen LogP contribution >= 0.6 is 0 Å². The topological polar surface area (TPSA) is 12.0 Å². The van der Waals surface area contributed by atoms with Crippen LogP contribution in [0.25, 0.3) is 0 Å². The fraction of sp³-hybridized carbons (Fsp3) is 0.800. The van der Waals surface area contributed by atoms with E-state index in [1.165, 1.54) is 31.5 Å². The summed E-state index contributed by atoms with van der Waals surface area (Å²) in [5, 5.41) is 8.03. The molecule has 0 unspecified atom stereocenters. The van der Waals surface area contributed by atoms with Crippen molar-refractivity contribution in [3.05, 3.63) is 0 Å². The Labute approximate surface area is 166 Å². The molecule has 0 fully saturated rings. The molecular weight excluding hydrogens is 456 g/mol. The molecule has 25 heavy (non-hydrogen) atoms. The molecule has 0 aromatic carbocycles. The van der Waals surface area contributed by atoms with Gasteiger partial charge in [-0.2, -0.15) is 0 Å². The molecule has 144 valence electrons. The summed E-state index contributed by atoms with van der Waals surface area (Å²) >= 11 is -3.78. The van der Waals surface area contributed by atoms with Crippen molar-refractivity contribution in [1.29, 1.82) is 0 Å². The Balaban J connectivity index is 5.42. The Hall–Kier alpha value is 0.599. The van der Waals surface area contributed by atoms with Crippen LogP contribution in [0.4, 0.5) is 0 Å². The first-order chi connectivity index (χ1) is 11.5. The maximum absolute atomic E-state index is 4.01. The molecule has 0 spiro atoms. The third kappa shape index (κ3) is 8.43. The molecule has 0 aliphatic carbocycles. The average molecular weight is 499 g/mol. The first-order valence-electron chi connectivity index (χ1n) is 10.4. The second kappa shape index (κ2) is 10.8. The van der Waals surface area contributed by atoms with Gasteiger partial charge in [0.05, 0.1) is 0 Å². The second-order valence-corrected chi connectivity index (χ2v) is 37.3. The van der Waals surface area contributed by atoms with Gasteiger partial charge in [-0.1, -0.05) is 0 Å². The Morgan fingerprint density at radius 1 is 0.560 bits per heavy atom. The van der Waals surface area contributed by atoms with Gasteiger partial charge in [-0.15, -0.1) is 0 Å². The molecule has 1 N–H and O–H groups in total. The van der Waals surface area contributed by atoms with Crippen molar-refractivity contribution < 1.29 is 0 Å². The van der Waals surface area contributed by atoms with Crippen LogP contribution in [0.3, 0.4) is 0 Å². The molecule has 5 heteroatoms. The van der Waals surface area contributed by atoms with E-state index >= 15 is 0 Å². The van der Waals surface area contributed by atoms with E-state index in [-0.39, 0.29) is 0 Å². The van der Waals surface area contributed by atoms with Gasteiger partial charge in [0, 0.05) is 0 Å². The fourth-order valence-electron chi connectivity index (χ4n) is 3.45. The molecule has 0 heterocycles. The van der Waals surface area contributed by atoms with Crippen LogP contribution in [0.2, 0.25) is 57.7 Å². The predicted octanol–water partition coefficient (Wildman–Crippen LogP) is 6.17. The zero-order valence-electron chi connectivity index (χ0n) is 18.7. The Morgan fingerprint density at radius 3 is 1.00 bits per heavy atom. The summed E-state index contributed by atoms with van der Waals surface area (Å²) in [4.78, 5) is 0. The molecule has 1 nitrogen and oxygen atoms in total. The molecule has 0 saturated heterocycles. The number of hydrogen-bond acceptors (Lipinski definition) is 1. The second-order valence-electron chi connectivity index (χ2n) is 8.56. The third-order valence-corrected chi connectivity index (χ3v) is 33.3. The summed E-state index contributed by atoms with van der Waals surface area (Å²) in [6.45, 7) is 23.7. The zero-order chi connectivity index (χ0) is 19.8. The van der Waals surface area contributed by atoms with Gasteiger partial charge < -0.3 is 0 Å². The summed E-state index contributed by atoms with van der Waals surface area (Å²) in [5.74, 6) is 0. The van der Waals surface area contributed by atoms with E-state index in [4.69, 9.17) is 0 Å². The van der Waals surface area contributed by atoms with Crippen molar-refractivity contribution >= 4 is 43.0 Å². The van der Waals surface area contributed by atoms with E-state index in [1.54, 1.807) is 0 Å². The minimum absolute atomic E-state index is 1.34. The molecule has 0 rings (SSSR count). The Morgan fingerprint density at radius 2 is 0.800 bits per heavy atom. The van der Waals surface area contributed by atoms with E-state index in [9.17, 15) is 0 Å². The molecule has 0 aliphatic rings. The van der Waals surface area contributed by atoms with E-state index in [2.05, 4.69) is 93.0 Å². The van der Waals surface area contributed by atoms with Crippen LogP contribution < -0.4 is 4.65 Å². The Kier molecular flexibility index (Phi) is 11.1. The molecule has 0 amide bonds. The van der Waals surface area contributed by atoms with Gasteiger partial charge in [0.15, 0.2) is 0 Å². The van der Waals surface area contributed by atoms with E-state index in [0.717, 1.165) is 0 Å². The van der Waals surface area contributed by atoms with Crippen molar-refractivity contribution in [1.82, 2.24) is 4.65 Å². The normalized spacial score (nSPS) is 12.9. The molecule has 0 atom stereocenters. The summed E-state index contributed by atoms with van der Waals surface area (Å²) < 4.78 is 11.8. The summed E-state index contributed by atoms with van der Waals surface area (Å²) in [6.07, 6.45) is 0. The zero-order valence-corrected chi connectivity index (χ0v) is 24.9. The van der Waals surface area contributed by atoms with Crippen LogP contribution in [-0.2, 0) is 0 Å². The SMILES string of the molecule is C[CH2][Ge]([C]#C[Si](C)(C)N[Si](C)(C)C#[C][Ge]([CH2]C)([CH2]C)[CH2]C)([CH2]C)[CH2]C. The van der Waals surface area contributed by atoms with E-state index in [0.29, 0.717) is 0 Å². The molecule has 0 radical (unpaired) electrons. The number of rotatable bonds is 8. The molecule has 0 aromatic heterocycles. The van der Waals surface area contributed by atoms with Crippen LogP contribution in [0.5, 0.6) is 0 Å². The van der Waals surface area contributed by atoms with Gasteiger partial charge in [0.1, 0.15) is 0 Å². The standard InChI is InChI=1S/C20H43Ge2NSi2/c1-11-21(12-2,13-3)17-19-24(7,8)23-25(9,10)20-18-22(14-4,15-5)16-6/h23H,11-16H2,1-10H3. The first-order valence-corrected chi connectivity index (χ1v) is 27.4. The monoisotopic (exact) mass is 501 g/mol. The maximum atomic E-state index is 4.01. The summed E-state index contributed by atoms with van der Waals surface area (Å²) in [6, 6.07) is 0. The molecule has 0 aliphatic heterocycles. The first kappa shape index (κ1) is 25.6.